The number of nitriles is 1. The van der Waals surface area contributed by atoms with E-state index in [9.17, 15) is 9.59 Å². The number of hydrogen-bond donors (Lipinski definition) is 2. The van der Waals surface area contributed by atoms with Crippen molar-refractivity contribution < 1.29 is 9.59 Å². The summed E-state index contributed by atoms with van der Waals surface area (Å²) in [4.78, 5) is 26.6. The molecule has 0 spiro atoms. The molecule has 2 aromatic carbocycles. The second-order valence-electron chi connectivity index (χ2n) is 6.91. The zero-order chi connectivity index (χ0) is 20.8. The molecule has 1 aliphatic rings. The summed E-state index contributed by atoms with van der Waals surface area (Å²) in [5.41, 5.74) is 4.22. The average Bonchev–Trinajstić information content (AvgIpc) is 2.73. The van der Waals surface area contributed by atoms with E-state index in [0.29, 0.717) is 18.0 Å². The first-order chi connectivity index (χ1) is 14.0. The summed E-state index contributed by atoms with van der Waals surface area (Å²) in [5.74, 6) is -1.57. The maximum atomic E-state index is 12.1. The van der Waals surface area contributed by atoms with Gasteiger partial charge in [-0.3, -0.25) is 9.59 Å². The van der Waals surface area contributed by atoms with Crippen LogP contribution in [0.1, 0.15) is 30.0 Å². The minimum atomic E-state index is -0.826. The van der Waals surface area contributed by atoms with Crippen LogP contribution in [-0.4, -0.2) is 31.4 Å². The molecule has 1 heterocycles. The van der Waals surface area contributed by atoms with Crippen molar-refractivity contribution >= 4 is 34.8 Å². The molecule has 0 atom stereocenters. The van der Waals surface area contributed by atoms with Gasteiger partial charge in [0.05, 0.1) is 11.3 Å². The Kier molecular flexibility index (Phi) is 6.73. The molecular formula is C22H23ClN4O2. The maximum absolute atomic E-state index is 12.1. The third-order valence-electron chi connectivity index (χ3n) is 5.00. The predicted octanol–water partition coefficient (Wildman–Crippen LogP) is 3.28. The zero-order valence-electron chi connectivity index (χ0n) is 16.3. The third-order valence-corrected chi connectivity index (χ3v) is 5.23. The summed E-state index contributed by atoms with van der Waals surface area (Å²) >= 11 is 5.89. The molecular weight excluding hydrogens is 388 g/mol. The van der Waals surface area contributed by atoms with Crippen LogP contribution in [0.25, 0.3) is 0 Å². The molecule has 0 aliphatic carbocycles. The third kappa shape index (κ3) is 5.07. The number of benzene rings is 2. The first-order valence-electron chi connectivity index (χ1n) is 9.67. The largest absolute Gasteiger partial charge is 0.372 e. The molecule has 0 bridgehead atoms. The number of fused-ring (bicyclic) bond motifs is 1. The van der Waals surface area contributed by atoms with E-state index in [2.05, 4.69) is 40.7 Å². The molecule has 0 aromatic heterocycles. The molecule has 2 amide bonds. The number of carbonyl (C=O) groups excluding carboxylic acids is 2. The Morgan fingerprint density at radius 2 is 2.03 bits per heavy atom. The number of anilines is 2. The van der Waals surface area contributed by atoms with E-state index < -0.39 is 11.8 Å². The van der Waals surface area contributed by atoms with Gasteiger partial charge in [0, 0.05) is 30.3 Å². The van der Waals surface area contributed by atoms with E-state index in [1.807, 2.05) is 6.07 Å². The van der Waals surface area contributed by atoms with Crippen LogP contribution in [0.15, 0.2) is 36.4 Å². The molecule has 6 nitrogen and oxygen atoms in total. The molecule has 1 aliphatic heterocycles. The molecule has 3 rings (SSSR count). The highest BCUT2D eigenvalue weighted by Gasteiger charge is 2.17. The van der Waals surface area contributed by atoms with Crippen LogP contribution >= 0.6 is 11.6 Å². The highest BCUT2D eigenvalue weighted by atomic mass is 35.5. The molecule has 2 N–H and O–H groups in total. The van der Waals surface area contributed by atoms with Crippen molar-refractivity contribution in [2.24, 2.45) is 0 Å². The van der Waals surface area contributed by atoms with E-state index in [1.165, 1.54) is 23.4 Å². The van der Waals surface area contributed by atoms with Crippen molar-refractivity contribution in [1.82, 2.24) is 5.32 Å². The Balaban J connectivity index is 1.54. The number of hydrogen-bond acceptors (Lipinski definition) is 4. The highest BCUT2D eigenvalue weighted by molar-refractivity contribution is 6.40. The van der Waals surface area contributed by atoms with Gasteiger partial charge in [0.15, 0.2) is 0 Å². The molecule has 2 aromatic rings. The SMILES string of the molecule is CCN1CCCc2cc(CCNC(=O)C(=O)Nc3cc(Cl)ccc3C#N)ccc21. The lowest BCUT2D eigenvalue weighted by Gasteiger charge is -2.30. The topological polar surface area (TPSA) is 85.2 Å². The van der Waals surface area contributed by atoms with Gasteiger partial charge in [-0.05, 0) is 61.6 Å². The minimum absolute atomic E-state index is 0.218. The molecule has 0 saturated carbocycles. The van der Waals surface area contributed by atoms with E-state index >= 15 is 0 Å². The second-order valence-corrected chi connectivity index (χ2v) is 7.34. The van der Waals surface area contributed by atoms with E-state index in [0.717, 1.165) is 31.5 Å². The van der Waals surface area contributed by atoms with Gasteiger partial charge in [-0.2, -0.15) is 5.26 Å². The monoisotopic (exact) mass is 410 g/mol. The highest BCUT2D eigenvalue weighted by Crippen LogP contribution is 2.27. The lowest BCUT2D eigenvalue weighted by molar-refractivity contribution is -0.136. The van der Waals surface area contributed by atoms with Gasteiger partial charge < -0.3 is 15.5 Å². The summed E-state index contributed by atoms with van der Waals surface area (Å²) < 4.78 is 0. The summed E-state index contributed by atoms with van der Waals surface area (Å²) in [5, 5.41) is 14.5. The molecule has 0 saturated heterocycles. The summed E-state index contributed by atoms with van der Waals surface area (Å²) in [6.45, 7) is 4.60. The van der Waals surface area contributed by atoms with Crippen LogP contribution in [-0.2, 0) is 22.4 Å². The Hall–Kier alpha value is -3.04. The van der Waals surface area contributed by atoms with Crippen LogP contribution in [0.5, 0.6) is 0 Å². The fraction of sp³-hybridized carbons (Fsp3) is 0.318. The summed E-state index contributed by atoms with van der Waals surface area (Å²) in [6.07, 6.45) is 2.85. The summed E-state index contributed by atoms with van der Waals surface area (Å²) in [6, 6.07) is 12.8. The molecule has 0 unspecified atom stereocenters. The first kappa shape index (κ1) is 20.7. The quantitative estimate of drug-likeness (QED) is 0.741. The van der Waals surface area contributed by atoms with Crippen LogP contribution in [0, 0.1) is 11.3 Å². The Bertz CT molecular complexity index is 968. The normalized spacial score (nSPS) is 12.7. The number of aryl methyl sites for hydroxylation is 1. The molecule has 29 heavy (non-hydrogen) atoms. The van der Waals surface area contributed by atoms with Crippen LogP contribution in [0.3, 0.4) is 0 Å². The number of nitrogens with zero attached hydrogens (tertiary/aromatic N) is 2. The predicted molar refractivity (Wildman–Crippen MR) is 114 cm³/mol. The van der Waals surface area contributed by atoms with Crippen molar-refractivity contribution in [3.63, 3.8) is 0 Å². The first-order valence-corrected chi connectivity index (χ1v) is 10.0. The second kappa shape index (κ2) is 9.44. The average molecular weight is 411 g/mol. The van der Waals surface area contributed by atoms with Gasteiger partial charge in [-0.15, -0.1) is 0 Å². The Morgan fingerprint density at radius 3 is 2.79 bits per heavy atom. The maximum Gasteiger partial charge on any atom is 0.313 e. The molecule has 0 fully saturated rings. The van der Waals surface area contributed by atoms with Crippen molar-refractivity contribution in [2.45, 2.75) is 26.2 Å². The number of nitrogens with one attached hydrogen (secondary N) is 2. The summed E-state index contributed by atoms with van der Waals surface area (Å²) in [7, 11) is 0. The lowest BCUT2D eigenvalue weighted by Crippen LogP contribution is -2.36. The van der Waals surface area contributed by atoms with Gasteiger partial charge in [0.25, 0.3) is 0 Å². The van der Waals surface area contributed by atoms with Crippen LogP contribution in [0.4, 0.5) is 11.4 Å². The Morgan fingerprint density at radius 1 is 1.21 bits per heavy atom. The van der Waals surface area contributed by atoms with Crippen molar-refractivity contribution in [2.75, 3.05) is 29.9 Å². The van der Waals surface area contributed by atoms with Gasteiger partial charge in [0.1, 0.15) is 6.07 Å². The zero-order valence-corrected chi connectivity index (χ0v) is 17.1. The van der Waals surface area contributed by atoms with Crippen LogP contribution in [0.2, 0.25) is 5.02 Å². The van der Waals surface area contributed by atoms with E-state index in [4.69, 9.17) is 16.9 Å². The number of carbonyl (C=O) groups is 2. The van der Waals surface area contributed by atoms with Crippen molar-refractivity contribution in [1.29, 1.82) is 5.26 Å². The van der Waals surface area contributed by atoms with E-state index in [1.54, 1.807) is 6.07 Å². The lowest BCUT2D eigenvalue weighted by atomic mass is 9.98. The fourth-order valence-electron chi connectivity index (χ4n) is 3.51. The Labute approximate surface area is 175 Å². The van der Waals surface area contributed by atoms with Gasteiger partial charge in [-0.1, -0.05) is 23.7 Å². The van der Waals surface area contributed by atoms with Crippen molar-refractivity contribution in [3.8, 4) is 6.07 Å². The number of halogens is 1. The van der Waals surface area contributed by atoms with Crippen molar-refractivity contribution in [3.05, 3.63) is 58.1 Å². The standard InChI is InChI=1S/C22H23ClN4O2/c1-2-27-11-3-4-16-12-15(5-8-20(16)27)9-10-25-21(28)22(29)26-19-13-18(23)7-6-17(19)14-24/h5-8,12-13H,2-4,9-11H2,1H3,(H,25,28)(H,26,29). The van der Waals surface area contributed by atoms with Gasteiger partial charge in [-0.25, -0.2) is 0 Å². The van der Waals surface area contributed by atoms with Crippen LogP contribution < -0.4 is 15.5 Å². The number of amides is 2. The smallest absolute Gasteiger partial charge is 0.313 e. The van der Waals surface area contributed by atoms with Gasteiger partial charge in [0.2, 0.25) is 0 Å². The molecule has 0 radical (unpaired) electrons. The molecule has 150 valence electrons. The van der Waals surface area contributed by atoms with Gasteiger partial charge >= 0.3 is 11.8 Å². The minimum Gasteiger partial charge on any atom is -0.372 e. The fourth-order valence-corrected chi connectivity index (χ4v) is 3.68. The number of rotatable bonds is 5. The molecule has 7 heteroatoms. The van der Waals surface area contributed by atoms with E-state index in [-0.39, 0.29) is 11.3 Å².